The Morgan fingerprint density at radius 2 is 2.10 bits per heavy atom. The minimum Gasteiger partial charge on any atom is -0.497 e. The van der Waals surface area contributed by atoms with Crippen LogP contribution in [0.1, 0.15) is 10.4 Å². The maximum atomic E-state index is 11.5. The Labute approximate surface area is 121 Å². The number of carboxylic acids is 1. The molecule has 0 bridgehead atoms. The first-order chi connectivity index (χ1) is 10.1. The monoisotopic (exact) mass is 289 g/mol. The maximum Gasteiger partial charge on any atom is 0.339 e. The van der Waals surface area contributed by atoms with E-state index in [1.54, 1.807) is 24.4 Å². The molecule has 1 aromatic carbocycles. The topological polar surface area (TPSA) is 77.8 Å². The fourth-order valence-electron chi connectivity index (χ4n) is 1.83. The van der Waals surface area contributed by atoms with Crippen molar-refractivity contribution in [2.45, 2.75) is 6.54 Å². The van der Waals surface area contributed by atoms with Crippen LogP contribution in [0.25, 0.3) is 0 Å². The lowest BCUT2D eigenvalue weighted by molar-refractivity contribution is 0.0691. The number of aromatic carboxylic acids is 1. The molecule has 0 spiro atoms. The van der Waals surface area contributed by atoms with Crippen molar-refractivity contribution in [1.29, 1.82) is 0 Å². The van der Waals surface area contributed by atoms with Crippen molar-refractivity contribution in [1.82, 2.24) is 4.57 Å². The average molecular weight is 289 g/mol. The van der Waals surface area contributed by atoms with Crippen LogP contribution in [0.2, 0.25) is 0 Å². The fourth-order valence-corrected chi connectivity index (χ4v) is 1.83. The van der Waals surface area contributed by atoms with Gasteiger partial charge in [-0.25, -0.2) is 4.79 Å². The molecule has 0 atom stereocenters. The van der Waals surface area contributed by atoms with Gasteiger partial charge in [0.05, 0.1) is 13.7 Å². The number of rotatable bonds is 6. The predicted octanol–water partition coefficient (Wildman–Crippen LogP) is 1.63. The third kappa shape index (κ3) is 3.62. The number of carboxylic acid groups (broad SMARTS) is 1. The number of carbonyl (C=O) groups is 1. The molecule has 0 aliphatic rings. The summed E-state index contributed by atoms with van der Waals surface area (Å²) >= 11 is 0. The second kappa shape index (κ2) is 6.60. The summed E-state index contributed by atoms with van der Waals surface area (Å²) in [5.74, 6) is -0.410. The Bertz CT molecular complexity index is 692. The summed E-state index contributed by atoms with van der Waals surface area (Å²) in [5, 5.41) is 9.16. The number of hydrogen-bond acceptors (Lipinski definition) is 4. The zero-order valence-electron chi connectivity index (χ0n) is 11.5. The van der Waals surface area contributed by atoms with Gasteiger partial charge in [-0.05, 0) is 24.3 Å². The van der Waals surface area contributed by atoms with Crippen LogP contribution >= 0.6 is 0 Å². The van der Waals surface area contributed by atoms with Gasteiger partial charge in [-0.3, -0.25) is 4.79 Å². The molecule has 0 amide bonds. The number of aromatic nitrogens is 1. The first-order valence-electron chi connectivity index (χ1n) is 6.31. The number of methoxy groups -OCH3 is 1. The van der Waals surface area contributed by atoms with Crippen molar-refractivity contribution < 1.29 is 19.4 Å². The van der Waals surface area contributed by atoms with E-state index in [2.05, 4.69) is 0 Å². The molecule has 6 nitrogen and oxygen atoms in total. The molecule has 6 heteroatoms. The van der Waals surface area contributed by atoms with Gasteiger partial charge in [0.25, 0.3) is 5.56 Å². The summed E-state index contributed by atoms with van der Waals surface area (Å²) in [6.45, 7) is 0.529. The van der Waals surface area contributed by atoms with E-state index in [0.29, 0.717) is 12.3 Å². The molecule has 1 aromatic heterocycles. The number of benzene rings is 1. The molecule has 2 rings (SSSR count). The first-order valence-corrected chi connectivity index (χ1v) is 6.31. The lowest BCUT2D eigenvalue weighted by atomic mass is 10.2. The third-order valence-corrected chi connectivity index (χ3v) is 2.91. The Morgan fingerprint density at radius 1 is 1.29 bits per heavy atom. The number of hydrogen-bond donors (Lipinski definition) is 1. The van der Waals surface area contributed by atoms with E-state index in [1.165, 1.54) is 29.9 Å². The molecule has 1 N–H and O–H groups in total. The molecule has 0 aliphatic heterocycles. The van der Waals surface area contributed by atoms with E-state index in [4.69, 9.17) is 14.6 Å². The molecule has 110 valence electrons. The highest BCUT2D eigenvalue weighted by molar-refractivity contribution is 5.91. The van der Waals surface area contributed by atoms with Gasteiger partial charge in [0.15, 0.2) is 0 Å². The van der Waals surface area contributed by atoms with Crippen molar-refractivity contribution in [3.05, 3.63) is 58.5 Å². The standard InChI is InChI=1S/C15H15NO5/c1-20-11-5-6-13(12(10-11)15(18)19)21-9-8-16-7-3-2-4-14(16)17/h2-7,10H,8-9H2,1H3,(H,18,19). The van der Waals surface area contributed by atoms with Crippen molar-refractivity contribution >= 4 is 5.97 Å². The van der Waals surface area contributed by atoms with E-state index < -0.39 is 5.97 Å². The quantitative estimate of drug-likeness (QED) is 0.874. The zero-order chi connectivity index (χ0) is 15.2. The van der Waals surface area contributed by atoms with Gasteiger partial charge in [-0.1, -0.05) is 6.07 Å². The molecule has 0 unspecified atom stereocenters. The second-order valence-corrected chi connectivity index (χ2v) is 4.25. The van der Waals surface area contributed by atoms with Gasteiger partial charge >= 0.3 is 5.97 Å². The maximum absolute atomic E-state index is 11.5. The summed E-state index contributed by atoms with van der Waals surface area (Å²) in [7, 11) is 1.46. The van der Waals surface area contributed by atoms with Gasteiger partial charge in [0.2, 0.25) is 0 Å². The minimum atomic E-state index is -1.10. The molecular formula is C15H15NO5. The van der Waals surface area contributed by atoms with Gasteiger partial charge in [0.1, 0.15) is 23.7 Å². The summed E-state index contributed by atoms with van der Waals surface area (Å²) in [5.41, 5.74) is -0.107. The summed E-state index contributed by atoms with van der Waals surface area (Å²) < 4.78 is 11.9. The molecule has 0 radical (unpaired) electrons. The molecule has 0 saturated carbocycles. The average Bonchev–Trinajstić information content (AvgIpc) is 2.49. The van der Waals surface area contributed by atoms with Crippen molar-refractivity contribution in [2.24, 2.45) is 0 Å². The minimum absolute atomic E-state index is 0.0229. The van der Waals surface area contributed by atoms with Crippen LogP contribution < -0.4 is 15.0 Å². The molecule has 0 aliphatic carbocycles. The van der Waals surface area contributed by atoms with Crippen LogP contribution in [0, 0.1) is 0 Å². The molecule has 0 fully saturated rings. The zero-order valence-corrected chi connectivity index (χ0v) is 11.5. The SMILES string of the molecule is COc1ccc(OCCn2ccccc2=O)c(C(=O)O)c1. The number of pyridine rings is 1. The van der Waals surface area contributed by atoms with Gasteiger partial charge in [0, 0.05) is 12.3 Å². The molecule has 2 aromatic rings. The lowest BCUT2D eigenvalue weighted by Crippen LogP contribution is -2.21. The van der Waals surface area contributed by atoms with E-state index in [1.807, 2.05) is 0 Å². The second-order valence-electron chi connectivity index (χ2n) is 4.25. The smallest absolute Gasteiger partial charge is 0.339 e. The molecule has 0 saturated heterocycles. The van der Waals surface area contributed by atoms with Gasteiger partial charge < -0.3 is 19.1 Å². The van der Waals surface area contributed by atoms with E-state index in [-0.39, 0.29) is 23.5 Å². The molecule has 21 heavy (non-hydrogen) atoms. The largest absolute Gasteiger partial charge is 0.497 e. The van der Waals surface area contributed by atoms with Crippen LogP contribution in [-0.2, 0) is 6.54 Å². The first kappa shape index (κ1) is 14.6. The number of nitrogens with zero attached hydrogens (tertiary/aromatic N) is 1. The van der Waals surface area contributed by atoms with E-state index >= 15 is 0 Å². The van der Waals surface area contributed by atoms with Crippen LogP contribution in [0.5, 0.6) is 11.5 Å². The normalized spacial score (nSPS) is 10.1. The highest BCUT2D eigenvalue weighted by Gasteiger charge is 2.12. The third-order valence-electron chi connectivity index (χ3n) is 2.91. The van der Waals surface area contributed by atoms with Gasteiger partial charge in [-0.15, -0.1) is 0 Å². The Hall–Kier alpha value is -2.76. The molecule has 1 heterocycles. The van der Waals surface area contributed by atoms with E-state index in [0.717, 1.165) is 0 Å². The van der Waals surface area contributed by atoms with Crippen molar-refractivity contribution in [2.75, 3.05) is 13.7 Å². The molecular weight excluding hydrogens is 274 g/mol. The Balaban J connectivity index is 2.08. The summed E-state index contributed by atoms with van der Waals surface area (Å²) in [6.07, 6.45) is 1.65. The van der Waals surface area contributed by atoms with Crippen LogP contribution in [0.3, 0.4) is 0 Å². The predicted molar refractivity (Wildman–Crippen MR) is 76.2 cm³/mol. The number of ether oxygens (including phenoxy) is 2. The van der Waals surface area contributed by atoms with Crippen LogP contribution in [0.4, 0.5) is 0 Å². The van der Waals surface area contributed by atoms with Crippen LogP contribution in [-0.4, -0.2) is 29.4 Å². The lowest BCUT2D eigenvalue weighted by Gasteiger charge is -2.11. The van der Waals surface area contributed by atoms with Crippen molar-refractivity contribution in [3.8, 4) is 11.5 Å². The van der Waals surface area contributed by atoms with Crippen molar-refractivity contribution in [3.63, 3.8) is 0 Å². The fraction of sp³-hybridized carbons (Fsp3) is 0.200. The highest BCUT2D eigenvalue weighted by atomic mass is 16.5. The van der Waals surface area contributed by atoms with Crippen LogP contribution in [0.15, 0.2) is 47.4 Å². The summed E-state index contributed by atoms with van der Waals surface area (Å²) in [6, 6.07) is 9.41. The van der Waals surface area contributed by atoms with Gasteiger partial charge in [-0.2, -0.15) is 0 Å². The van der Waals surface area contributed by atoms with E-state index in [9.17, 15) is 9.59 Å². The Morgan fingerprint density at radius 3 is 2.76 bits per heavy atom. The summed E-state index contributed by atoms with van der Waals surface area (Å²) in [4.78, 5) is 22.7. The highest BCUT2D eigenvalue weighted by Crippen LogP contribution is 2.24. The Kier molecular flexibility index (Phi) is 4.61.